The molecule has 0 aliphatic heterocycles. The quantitative estimate of drug-likeness (QED) is 0.650. The highest BCUT2D eigenvalue weighted by molar-refractivity contribution is 7.98. The van der Waals surface area contributed by atoms with Crippen molar-refractivity contribution in [1.82, 2.24) is 9.97 Å². The Morgan fingerprint density at radius 2 is 2.10 bits per heavy atom. The Balaban J connectivity index is 2.43. The first-order valence-corrected chi connectivity index (χ1v) is 4.12. The van der Waals surface area contributed by atoms with E-state index >= 15 is 0 Å². The lowest BCUT2D eigenvalue weighted by Gasteiger charge is -1.94. The lowest BCUT2D eigenvalue weighted by Crippen LogP contribution is -1.96. The zero-order valence-corrected chi connectivity index (χ0v) is 6.34. The minimum absolute atomic E-state index is 0.623. The van der Waals surface area contributed by atoms with Crippen molar-refractivity contribution in [3.05, 3.63) is 24.3 Å². The summed E-state index contributed by atoms with van der Waals surface area (Å²) < 4.78 is 0. The van der Waals surface area contributed by atoms with Gasteiger partial charge in [-0.25, -0.2) is 9.97 Å². The summed E-state index contributed by atoms with van der Waals surface area (Å²) in [6.07, 6.45) is 3.47. The average Bonchev–Trinajstić information content (AvgIpc) is 2.03. The van der Waals surface area contributed by atoms with E-state index < -0.39 is 0 Å². The van der Waals surface area contributed by atoms with Gasteiger partial charge in [-0.2, -0.15) is 0 Å². The number of nitrogens with two attached hydrogens (primary N) is 1. The molecule has 0 spiro atoms. The fourth-order valence-corrected chi connectivity index (χ4v) is 1.00. The molecule has 1 rings (SSSR count). The molecule has 0 aliphatic carbocycles. The third-order valence-corrected chi connectivity index (χ3v) is 1.67. The summed E-state index contributed by atoms with van der Waals surface area (Å²) >= 11 is 1.61. The molecular weight excluding hydrogens is 146 g/mol. The second kappa shape index (κ2) is 4.24. The summed E-state index contributed by atoms with van der Waals surface area (Å²) in [6.45, 7) is 0. The van der Waals surface area contributed by atoms with E-state index in [0.717, 1.165) is 11.6 Å². The molecule has 1 heterocycles. The number of aromatic nitrogens is 2. The van der Waals surface area contributed by atoms with E-state index in [1.165, 1.54) is 0 Å². The van der Waals surface area contributed by atoms with E-state index in [1.54, 1.807) is 30.2 Å². The fourth-order valence-electron chi connectivity index (χ4n) is 0.555. The Morgan fingerprint density at radius 3 is 2.70 bits per heavy atom. The van der Waals surface area contributed by atoms with Gasteiger partial charge in [0.15, 0.2) is 0 Å². The third kappa shape index (κ3) is 2.33. The molecule has 0 atom stereocenters. The van der Waals surface area contributed by atoms with Crippen molar-refractivity contribution >= 4 is 11.8 Å². The molecule has 0 unspecified atom stereocenters. The number of nitrogens with zero attached hydrogens (tertiary/aromatic N) is 2. The molecule has 0 aromatic carbocycles. The van der Waals surface area contributed by atoms with Crippen LogP contribution in [0.3, 0.4) is 0 Å². The Labute approximate surface area is 64.1 Å². The van der Waals surface area contributed by atoms with Crippen LogP contribution in [0.25, 0.3) is 0 Å². The van der Waals surface area contributed by atoms with Crippen molar-refractivity contribution in [1.29, 1.82) is 0 Å². The molecule has 4 heteroatoms. The van der Waals surface area contributed by atoms with Gasteiger partial charge in [0.05, 0.1) is 5.75 Å². The molecular formula is C6H9N3S. The SMILES string of the molecule is NCSCc1ncccn1. The second-order valence-electron chi connectivity index (χ2n) is 1.68. The maximum atomic E-state index is 5.28. The van der Waals surface area contributed by atoms with Crippen LogP contribution >= 0.6 is 11.8 Å². The van der Waals surface area contributed by atoms with Crippen LogP contribution in [0.4, 0.5) is 0 Å². The molecule has 0 saturated carbocycles. The van der Waals surface area contributed by atoms with Crippen LogP contribution in [0.15, 0.2) is 18.5 Å². The van der Waals surface area contributed by atoms with Crippen molar-refractivity contribution in [2.24, 2.45) is 5.73 Å². The first kappa shape index (κ1) is 7.50. The molecule has 0 bridgehead atoms. The molecule has 2 N–H and O–H groups in total. The van der Waals surface area contributed by atoms with E-state index in [0.29, 0.717) is 5.88 Å². The van der Waals surface area contributed by atoms with Crippen molar-refractivity contribution < 1.29 is 0 Å². The smallest absolute Gasteiger partial charge is 0.138 e. The number of hydrogen-bond donors (Lipinski definition) is 1. The molecule has 1 aromatic rings. The highest BCUT2D eigenvalue weighted by Gasteiger charge is 1.91. The molecule has 0 saturated heterocycles. The van der Waals surface area contributed by atoms with E-state index in [9.17, 15) is 0 Å². The van der Waals surface area contributed by atoms with Crippen molar-refractivity contribution in [3.8, 4) is 0 Å². The first-order valence-electron chi connectivity index (χ1n) is 2.97. The summed E-state index contributed by atoms with van der Waals surface area (Å²) in [4.78, 5) is 8.06. The molecule has 1 aromatic heterocycles. The van der Waals surface area contributed by atoms with Gasteiger partial charge in [0.1, 0.15) is 5.82 Å². The first-order chi connectivity index (χ1) is 4.93. The lowest BCUT2D eigenvalue weighted by molar-refractivity contribution is 1.03. The minimum Gasteiger partial charge on any atom is -0.322 e. The third-order valence-electron chi connectivity index (χ3n) is 0.968. The number of rotatable bonds is 3. The lowest BCUT2D eigenvalue weighted by atomic mass is 10.6. The number of thioether (sulfide) groups is 1. The van der Waals surface area contributed by atoms with Gasteiger partial charge in [-0.3, -0.25) is 0 Å². The van der Waals surface area contributed by atoms with Crippen LogP contribution in [-0.4, -0.2) is 15.8 Å². The van der Waals surface area contributed by atoms with E-state index in [1.807, 2.05) is 0 Å². The van der Waals surface area contributed by atoms with Crippen LogP contribution in [0.2, 0.25) is 0 Å². The zero-order valence-electron chi connectivity index (χ0n) is 5.53. The molecule has 10 heavy (non-hydrogen) atoms. The molecule has 54 valence electrons. The van der Waals surface area contributed by atoms with Crippen LogP contribution in [0, 0.1) is 0 Å². The standard InChI is InChI=1S/C6H9N3S/c7-5-10-4-6-8-2-1-3-9-6/h1-3H,4-5,7H2. The van der Waals surface area contributed by atoms with Gasteiger partial charge < -0.3 is 5.73 Å². The average molecular weight is 155 g/mol. The zero-order chi connectivity index (χ0) is 7.23. The monoisotopic (exact) mass is 155 g/mol. The summed E-state index contributed by atoms with van der Waals surface area (Å²) in [5, 5.41) is 0. The topological polar surface area (TPSA) is 51.8 Å². The maximum Gasteiger partial charge on any atom is 0.138 e. The van der Waals surface area contributed by atoms with Crippen LogP contribution in [-0.2, 0) is 5.75 Å². The van der Waals surface area contributed by atoms with E-state index in [4.69, 9.17) is 5.73 Å². The fraction of sp³-hybridized carbons (Fsp3) is 0.333. The van der Waals surface area contributed by atoms with Crippen LogP contribution in [0.1, 0.15) is 5.82 Å². The molecule has 0 radical (unpaired) electrons. The Bertz CT molecular complexity index is 178. The Kier molecular flexibility index (Phi) is 3.18. The van der Waals surface area contributed by atoms with Gasteiger partial charge in [-0.1, -0.05) is 0 Å². The summed E-state index contributed by atoms with van der Waals surface area (Å²) in [5.74, 6) is 2.27. The van der Waals surface area contributed by atoms with Crippen LogP contribution in [0.5, 0.6) is 0 Å². The van der Waals surface area contributed by atoms with Crippen molar-refractivity contribution in [3.63, 3.8) is 0 Å². The van der Waals surface area contributed by atoms with Gasteiger partial charge in [0.25, 0.3) is 0 Å². The minimum atomic E-state index is 0.623. The van der Waals surface area contributed by atoms with Gasteiger partial charge in [0, 0.05) is 18.3 Å². The maximum absolute atomic E-state index is 5.28. The molecule has 0 amide bonds. The summed E-state index contributed by atoms with van der Waals surface area (Å²) in [7, 11) is 0. The molecule has 0 aliphatic rings. The van der Waals surface area contributed by atoms with E-state index in [2.05, 4.69) is 9.97 Å². The number of hydrogen-bond acceptors (Lipinski definition) is 4. The highest BCUT2D eigenvalue weighted by Crippen LogP contribution is 2.02. The van der Waals surface area contributed by atoms with E-state index in [-0.39, 0.29) is 0 Å². The predicted octanol–water partition coefficient (Wildman–Crippen LogP) is 0.626. The van der Waals surface area contributed by atoms with Crippen LogP contribution < -0.4 is 5.73 Å². The van der Waals surface area contributed by atoms with Gasteiger partial charge in [0.2, 0.25) is 0 Å². The van der Waals surface area contributed by atoms with Crippen molar-refractivity contribution in [2.45, 2.75) is 5.75 Å². The summed E-state index contributed by atoms with van der Waals surface area (Å²) in [6, 6.07) is 1.80. The van der Waals surface area contributed by atoms with Gasteiger partial charge in [-0.15, -0.1) is 11.8 Å². The largest absolute Gasteiger partial charge is 0.322 e. The second-order valence-corrected chi connectivity index (χ2v) is 2.71. The molecule has 0 fully saturated rings. The van der Waals surface area contributed by atoms with Crippen molar-refractivity contribution in [2.75, 3.05) is 5.88 Å². The normalized spacial score (nSPS) is 9.70. The molecule has 3 nitrogen and oxygen atoms in total. The Hall–Kier alpha value is -0.610. The Morgan fingerprint density at radius 1 is 1.40 bits per heavy atom. The van der Waals surface area contributed by atoms with Gasteiger partial charge >= 0.3 is 0 Å². The highest BCUT2D eigenvalue weighted by atomic mass is 32.2. The van der Waals surface area contributed by atoms with Gasteiger partial charge in [-0.05, 0) is 6.07 Å². The summed E-state index contributed by atoms with van der Waals surface area (Å²) in [5.41, 5.74) is 5.28. The predicted molar refractivity (Wildman–Crippen MR) is 42.4 cm³/mol.